The summed E-state index contributed by atoms with van der Waals surface area (Å²) in [5.41, 5.74) is 0.719. The average molecular weight is 425 g/mol. The number of aromatic nitrogens is 2. The number of hydrogen-bond donors (Lipinski definition) is 0. The zero-order valence-corrected chi connectivity index (χ0v) is 18.5. The highest BCUT2D eigenvalue weighted by Gasteiger charge is 2.32. The van der Waals surface area contributed by atoms with Gasteiger partial charge in [-0.2, -0.15) is 4.98 Å². The zero-order chi connectivity index (χ0) is 21.8. The van der Waals surface area contributed by atoms with Gasteiger partial charge in [-0.3, -0.25) is 9.59 Å². The molecule has 166 valence electrons. The van der Waals surface area contributed by atoms with E-state index in [1.54, 1.807) is 0 Å². The quantitative estimate of drug-likeness (QED) is 0.734. The zero-order valence-electron chi connectivity index (χ0n) is 18.5. The van der Waals surface area contributed by atoms with Gasteiger partial charge in [0.2, 0.25) is 11.8 Å². The van der Waals surface area contributed by atoms with Crippen molar-refractivity contribution in [3.05, 3.63) is 47.6 Å². The number of piperidine rings is 2. The second-order valence-electron chi connectivity index (χ2n) is 9.11. The molecule has 0 radical (unpaired) electrons. The third-order valence-corrected chi connectivity index (χ3v) is 6.54. The van der Waals surface area contributed by atoms with Crippen LogP contribution in [0.1, 0.15) is 67.5 Å². The Labute approximate surface area is 183 Å². The summed E-state index contributed by atoms with van der Waals surface area (Å²) in [4.78, 5) is 34.0. The van der Waals surface area contributed by atoms with Crippen LogP contribution >= 0.6 is 0 Å². The molecule has 0 saturated carbocycles. The molecule has 2 aliphatic rings. The maximum Gasteiger partial charge on any atom is 0.253 e. The van der Waals surface area contributed by atoms with Crippen molar-refractivity contribution in [3.63, 3.8) is 0 Å². The maximum atomic E-state index is 13.0. The molecule has 0 atom stereocenters. The topological polar surface area (TPSA) is 79.5 Å². The molecule has 2 amide bonds. The Hall–Kier alpha value is -2.70. The van der Waals surface area contributed by atoms with Gasteiger partial charge in [0.1, 0.15) is 0 Å². The summed E-state index contributed by atoms with van der Waals surface area (Å²) in [5.74, 6) is 2.57. The first-order chi connectivity index (χ1) is 15.0. The number of hydrogen-bond acceptors (Lipinski definition) is 5. The molecule has 0 spiro atoms. The van der Waals surface area contributed by atoms with E-state index in [1.807, 2.05) is 40.1 Å². The Balaban J connectivity index is 1.22. The fraction of sp³-hybridized carbons (Fsp3) is 0.583. The summed E-state index contributed by atoms with van der Waals surface area (Å²) in [6, 6.07) is 9.38. The molecule has 2 aliphatic heterocycles. The van der Waals surface area contributed by atoms with Crippen LogP contribution in [-0.2, 0) is 11.2 Å². The van der Waals surface area contributed by atoms with Crippen molar-refractivity contribution in [2.75, 3.05) is 26.2 Å². The van der Waals surface area contributed by atoms with Crippen LogP contribution in [0.2, 0.25) is 0 Å². The molecular formula is C24H32N4O3. The third-order valence-electron chi connectivity index (χ3n) is 6.54. The first kappa shape index (κ1) is 21.5. The molecule has 7 heteroatoms. The summed E-state index contributed by atoms with van der Waals surface area (Å²) in [6.07, 6.45) is 4.23. The number of carbonyl (C=O) groups is 2. The van der Waals surface area contributed by atoms with Crippen molar-refractivity contribution in [1.29, 1.82) is 0 Å². The smallest absolute Gasteiger partial charge is 0.253 e. The molecule has 4 rings (SSSR count). The van der Waals surface area contributed by atoms with Crippen LogP contribution in [0.15, 0.2) is 34.9 Å². The van der Waals surface area contributed by atoms with Crippen LogP contribution in [-0.4, -0.2) is 57.9 Å². The number of nitrogens with zero attached hydrogens (tertiary/aromatic N) is 4. The summed E-state index contributed by atoms with van der Waals surface area (Å²) >= 11 is 0. The highest BCUT2D eigenvalue weighted by molar-refractivity contribution is 5.94. The minimum atomic E-state index is 0.0286. The summed E-state index contributed by atoms with van der Waals surface area (Å²) in [6.45, 7) is 6.99. The normalized spacial score (nSPS) is 18.5. The molecule has 0 N–H and O–H groups in total. The largest absolute Gasteiger partial charge is 0.342 e. The molecule has 0 bridgehead atoms. The van der Waals surface area contributed by atoms with Crippen LogP contribution in [0.5, 0.6) is 0 Å². The van der Waals surface area contributed by atoms with Crippen molar-refractivity contribution in [2.45, 2.75) is 51.9 Å². The van der Waals surface area contributed by atoms with Gasteiger partial charge in [0, 0.05) is 50.0 Å². The molecular weight excluding hydrogens is 392 g/mol. The van der Waals surface area contributed by atoms with E-state index < -0.39 is 0 Å². The van der Waals surface area contributed by atoms with Gasteiger partial charge in [-0.1, -0.05) is 37.2 Å². The van der Waals surface area contributed by atoms with Crippen molar-refractivity contribution in [3.8, 4) is 0 Å². The van der Waals surface area contributed by atoms with E-state index in [0.717, 1.165) is 56.6 Å². The molecule has 3 heterocycles. The van der Waals surface area contributed by atoms with Gasteiger partial charge in [-0.05, 0) is 43.7 Å². The lowest BCUT2D eigenvalue weighted by molar-refractivity contribution is -0.138. The van der Waals surface area contributed by atoms with Gasteiger partial charge in [0.25, 0.3) is 5.91 Å². The fourth-order valence-electron chi connectivity index (χ4n) is 4.54. The van der Waals surface area contributed by atoms with Crippen LogP contribution < -0.4 is 0 Å². The number of benzene rings is 1. The van der Waals surface area contributed by atoms with Crippen LogP contribution in [0.3, 0.4) is 0 Å². The molecule has 31 heavy (non-hydrogen) atoms. The van der Waals surface area contributed by atoms with Crippen LogP contribution in [0.4, 0.5) is 0 Å². The van der Waals surface area contributed by atoms with Gasteiger partial charge in [-0.25, -0.2) is 0 Å². The Morgan fingerprint density at radius 1 is 1.00 bits per heavy atom. The number of likely N-dealkylation sites (tertiary alicyclic amines) is 2. The lowest BCUT2D eigenvalue weighted by atomic mass is 9.90. The highest BCUT2D eigenvalue weighted by Crippen LogP contribution is 2.26. The predicted octanol–water partition coefficient (Wildman–Crippen LogP) is 3.53. The molecule has 0 aliphatic carbocycles. The van der Waals surface area contributed by atoms with E-state index in [1.165, 1.54) is 0 Å². The van der Waals surface area contributed by atoms with Gasteiger partial charge in [0.15, 0.2) is 5.82 Å². The lowest BCUT2D eigenvalue weighted by Crippen LogP contribution is -2.46. The summed E-state index contributed by atoms with van der Waals surface area (Å²) in [7, 11) is 0. The van der Waals surface area contributed by atoms with Gasteiger partial charge in [-0.15, -0.1) is 0 Å². The minimum Gasteiger partial charge on any atom is -0.342 e. The van der Waals surface area contributed by atoms with E-state index in [-0.39, 0.29) is 23.7 Å². The first-order valence-corrected chi connectivity index (χ1v) is 11.5. The fourth-order valence-corrected chi connectivity index (χ4v) is 4.54. The monoisotopic (exact) mass is 424 g/mol. The van der Waals surface area contributed by atoms with E-state index in [4.69, 9.17) is 4.52 Å². The molecule has 1 aromatic heterocycles. The third kappa shape index (κ3) is 5.14. The summed E-state index contributed by atoms with van der Waals surface area (Å²) in [5, 5.41) is 4.04. The molecule has 7 nitrogen and oxygen atoms in total. The molecule has 1 aromatic carbocycles. The van der Waals surface area contributed by atoms with Gasteiger partial charge < -0.3 is 14.3 Å². The molecule has 2 aromatic rings. The SMILES string of the molecule is CC(C)c1noc(CC2CCN(C(=O)C3CCN(C(=O)c4ccccc4)CC3)CC2)n1. The van der Waals surface area contributed by atoms with Crippen molar-refractivity contribution in [2.24, 2.45) is 11.8 Å². The van der Waals surface area contributed by atoms with Gasteiger partial charge >= 0.3 is 0 Å². The first-order valence-electron chi connectivity index (χ1n) is 11.5. The average Bonchev–Trinajstić information content (AvgIpc) is 3.28. The standard InChI is InChI=1S/C24H32N4O3/c1-17(2)22-25-21(31-26-22)16-18-8-12-27(13-9-18)24(30)20-10-14-28(15-11-20)23(29)19-6-4-3-5-7-19/h3-7,17-18,20H,8-16H2,1-2H3. The minimum absolute atomic E-state index is 0.0286. The second kappa shape index (κ2) is 9.62. The van der Waals surface area contributed by atoms with Crippen molar-refractivity contribution < 1.29 is 14.1 Å². The van der Waals surface area contributed by atoms with Crippen molar-refractivity contribution >= 4 is 11.8 Å². The maximum absolute atomic E-state index is 13.0. The molecule has 2 fully saturated rings. The molecule has 0 unspecified atom stereocenters. The number of amides is 2. The second-order valence-corrected chi connectivity index (χ2v) is 9.11. The highest BCUT2D eigenvalue weighted by atomic mass is 16.5. The summed E-state index contributed by atoms with van der Waals surface area (Å²) < 4.78 is 5.39. The van der Waals surface area contributed by atoms with Crippen molar-refractivity contribution in [1.82, 2.24) is 19.9 Å². The van der Waals surface area contributed by atoms with E-state index in [2.05, 4.69) is 24.0 Å². The molecule has 2 saturated heterocycles. The Kier molecular flexibility index (Phi) is 6.68. The number of rotatable bonds is 5. The number of carbonyl (C=O) groups excluding carboxylic acids is 2. The van der Waals surface area contributed by atoms with Crippen LogP contribution in [0, 0.1) is 11.8 Å². The Bertz CT molecular complexity index is 879. The lowest BCUT2D eigenvalue weighted by Gasteiger charge is -2.37. The van der Waals surface area contributed by atoms with E-state index >= 15 is 0 Å². The van der Waals surface area contributed by atoms with E-state index in [0.29, 0.717) is 24.9 Å². The van der Waals surface area contributed by atoms with E-state index in [9.17, 15) is 9.59 Å². The Morgan fingerprint density at radius 2 is 1.65 bits per heavy atom. The van der Waals surface area contributed by atoms with Crippen LogP contribution in [0.25, 0.3) is 0 Å². The predicted molar refractivity (Wildman–Crippen MR) is 116 cm³/mol. The van der Waals surface area contributed by atoms with Gasteiger partial charge in [0.05, 0.1) is 0 Å². The Morgan fingerprint density at radius 3 is 2.26 bits per heavy atom.